The van der Waals surface area contributed by atoms with Crippen molar-refractivity contribution in [2.75, 3.05) is 11.9 Å². The number of hydrogen-bond acceptors (Lipinski definition) is 3. The summed E-state index contributed by atoms with van der Waals surface area (Å²) in [6.07, 6.45) is 0.725. The number of halogens is 1. The predicted octanol–water partition coefficient (Wildman–Crippen LogP) is 3.70. The Kier molecular flexibility index (Phi) is 4.30. The van der Waals surface area contributed by atoms with E-state index in [4.69, 9.17) is 0 Å². The minimum Gasteiger partial charge on any atom is -0.384 e. The van der Waals surface area contributed by atoms with E-state index in [2.05, 4.69) is 5.32 Å². The molecule has 0 aromatic heterocycles. The van der Waals surface area contributed by atoms with Gasteiger partial charge in [0.25, 0.3) is 5.69 Å². The summed E-state index contributed by atoms with van der Waals surface area (Å²) in [5.41, 5.74) is 2.79. The number of non-ortho nitro benzene ring substituents is 1. The monoisotopic (exact) mass is 274 g/mol. The highest BCUT2D eigenvalue weighted by molar-refractivity contribution is 5.56. The molecule has 0 unspecified atom stereocenters. The molecule has 2 aromatic carbocycles. The van der Waals surface area contributed by atoms with Gasteiger partial charge in [0.2, 0.25) is 0 Å². The van der Waals surface area contributed by atoms with Crippen molar-refractivity contribution in [1.82, 2.24) is 0 Å². The van der Waals surface area contributed by atoms with Crippen LogP contribution < -0.4 is 5.32 Å². The lowest BCUT2D eigenvalue weighted by Crippen LogP contribution is -2.06. The van der Waals surface area contributed by atoms with Gasteiger partial charge in [-0.1, -0.05) is 18.2 Å². The quantitative estimate of drug-likeness (QED) is 0.668. The average molecular weight is 274 g/mol. The van der Waals surface area contributed by atoms with Crippen LogP contribution in [0.1, 0.15) is 11.1 Å². The Balaban J connectivity index is 1.98. The Morgan fingerprint density at radius 1 is 1.20 bits per heavy atom. The summed E-state index contributed by atoms with van der Waals surface area (Å²) >= 11 is 0. The van der Waals surface area contributed by atoms with Crippen molar-refractivity contribution in [2.24, 2.45) is 0 Å². The van der Waals surface area contributed by atoms with Gasteiger partial charge in [0, 0.05) is 24.4 Å². The Morgan fingerprint density at radius 2 is 1.90 bits per heavy atom. The SMILES string of the molecule is Cc1ccc([N+](=O)[O-])cc1NCCc1ccc(F)cc1. The van der Waals surface area contributed by atoms with Crippen molar-refractivity contribution in [3.63, 3.8) is 0 Å². The van der Waals surface area contributed by atoms with E-state index in [0.29, 0.717) is 6.54 Å². The fourth-order valence-electron chi connectivity index (χ4n) is 1.91. The first-order valence-corrected chi connectivity index (χ1v) is 6.29. The van der Waals surface area contributed by atoms with E-state index in [-0.39, 0.29) is 11.5 Å². The lowest BCUT2D eigenvalue weighted by atomic mass is 10.1. The Morgan fingerprint density at radius 3 is 2.55 bits per heavy atom. The minimum atomic E-state index is -0.412. The number of nitrogens with one attached hydrogen (secondary N) is 1. The van der Waals surface area contributed by atoms with Gasteiger partial charge in [-0.15, -0.1) is 0 Å². The first kappa shape index (κ1) is 14.0. The van der Waals surface area contributed by atoms with Crippen molar-refractivity contribution < 1.29 is 9.31 Å². The number of rotatable bonds is 5. The zero-order valence-corrected chi connectivity index (χ0v) is 11.1. The van der Waals surface area contributed by atoms with Crippen LogP contribution in [0.3, 0.4) is 0 Å². The van der Waals surface area contributed by atoms with Gasteiger partial charge < -0.3 is 5.32 Å². The molecule has 104 valence electrons. The van der Waals surface area contributed by atoms with E-state index in [0.717, 1.165) is 23.2 Å². The molecule has 0 bridgehead atoms. The first-order valence-electron chi connectivity index (χ1n) is 6.29. The fraction of sp³-hybridized carbons (Fsp3) is 0.200. The molecule has 4 nitrogen and oxygen atoms in total. The third-order valence-corrected chi connectivity index (χ3v) is 3.07. The van der Waals surface area contributed by atoms with Crippen LogP contribution in [0.15, 0.2) is 42.5 Å². The largest absolute Gasteiger partial charge is 0.384 e. The Hall–Kier alpha value is -2.43. The molecule has 0 aliphatic rings. The van der Waals surface area contributed by atoms with Crippen molar-refractivity contribution in [1.29, 1.82) is 0 Å². The summed E-state index contributed by atoms with van der Waals surface area (Å²) in [4.78, 5) is 10.3. The van der Waals surface area contributed by atoms with E-state index in [9.17, 15) is 14.5 Å². The third kappa shape index (κ3) is 3.54. The highest BCUT2D eigenvalue weighted by Crippen LogP contribution is 2.21. The van der Waals surface area contributed by atoms with Crippen LogP contribution in [-0.2, 0) is 6.42 Å². The molecule has 2 rings (SSSR count). The van der Waals surface area contributed by atoms with Crippen LogP contribution in [0, 0.1) is 22.9 Å². The van der Waals surface area contributed by atoms with Crippen molar-refractivity contribution >= 4 is 11.4 Å². The van der Waals surface area contributed by atoms with Gasteiger partial charge in [-0.05, 0) is 36.6 Å². The lowest BCUT2D eigenvalue weighted by Gasteiger charge is -2.09. The highest BCUT2D eigenvalue weighted by Gasteiger charge is 2.08. The van der Waals surface area contributed by atoms with Crippen LogP contribution in [0.25, 0.3) is 0 Å². The molecule has 20 heavy (non-hydrogen) atoms. The normalized spacial score (nSPS) is 10.3. The van der Waals surface area contributed by atoms with Crippen LogP contribution in [-0.4, -0.2) is 11.5 Å². The molecule has 0 atom stereocenters. The molecule has 0 aliphatic carbocycles. The molecule has 0 fully saturated rings. The van der Waals surface area contributed by atoms with Crippen molar-refractivity contribution in [2.45, 2.75) is 13.3 Å². The van der Waals surface area contributed by atoms with Crippen molar-refractivity contribution in [3.8, 4) is 0 Å². The van der Waals surface area contributed by atoms with E-state index in [1.165, 1.54) is 24.3 Å². The van der Waals surface area contributed by atoms with Crippen LogP contribution in [0.5, 0.6) is 0 Å². The zero-order valence-electron chi connectivity index (χ0n) is 11.1. The van der Waals surface area contributed by atoms with E-state index >= 15 is 0 Å². The summed E-state index contributed by atoms with van der Waals surface area (Å²) < 4.78 is 12.8. The van der Waals surface area contributed by atoms with Crippen molar-refractivity contribution in [3.05, 3.63) is 69.5 Å². The molecular formula is C15H15FN2O2. The number of nitrogens with zero attached hydrogens (tertiary/aromatic N) is 1. The van der Waals surface area contributed by atoms with Gasteiger partial charge in [-0.25, -0.2) is 4.39 Å². The van der Waals surface area contributed by atoms with Gasteiger partial charge in [-0.2, -0.15) is 0 Å². The standard InChI is InChI=1S/C15H15FN2O2/c1-11-2-7-14(18(19)20)10-15(11)17-9-8-12-3-5-13(16)6-4-12/h2-7,10,17H,8-9H2,1H3. The molecule has 0 spiro atoms. The molecule has 0 radical (unpaired) electrons. The highest BCUT2D eigenvalue weighted by atomic mass is 19.1. The maximum atomic E-state index is 12.8. The first-order chi connectivity index (χ1) is 9.56. The van der Waals surface area contributed by atoms with Crippen LogP contribution in [0.4, 0.5) is 15.8 Å². The average Bonchev–Trinajstić information content (AvgIpc) is 2.43. The van der Waals surface area contributed by atoms with Crippen LogP contribution in [0.2, 0.25) is 0 Å². The Labute approximate surface area is 116 Å². The number of hydrogen-bond donors (Lipinski definition) is 1. The van der Waals surface area contributed by atoms with Gasteiger partial charge in [0.15, 0.2) is 0 Å². The maximum absolute atomic E-state index is 12.8. The van der Waals surface area contributed by atoms with Gasteiger partial charge in [0.1, 0.15) is 5.82 Å². The van der Waals surface area contributed by atoms with Crippen LogP contribution >= 0.6 is 0 Å². The number of benzene rings is 2. The second kappa shape index (κ2) is 6.14. The van der Waals surface area contributed by atoms with Gasteiger partial charge in [-0.3, -0.25) is 10.1 Å². The number of nitro benzene ring substituents is 1. The second-order valence-corrected chi connectivity index (χ2v) is 4.56. The second-order valence-electron chi connectivity index (χ2n) is 4.56. The fourth-order valence-corrected chi connectivity index (χ4v) is 1.91. The molecule has 5 heteroatoms. The summed E-state index contributed by atoms with van der Waals surface area (Å²) in [7, 11) is 0. The van der Waals surface area contributed by atoms with E-state index in [1.54, 1.807) is 18.2 Å². The third-order valence-electron chi connectivity index (χ3n) is 3.07. The van der Waals surface area contributed by atoms with Gasteiger partial charge >= 0.3 is 0 Å². The number of aryl methyl sites for hydroxylation is 1. The minimum absolute atomic E-state index is 0.0693. The summed E-state index contributed by atoms with van der Waals surface area (Å²) in [5.74, 6) is -0.253. The maximum Gasteiger partial charge on any atom is 0.271 e. The molecule has 0 aliphatic heterocycles. The summed E-state index contributed by atoms with van der Waals surface area (Å²) in [6, 6.07) is 11.1. The smallest absolute Gasteiger partial charge is 0.271 e. The van der Waals surface area contributed by atoms with E-state index < -0.39 is 4.92 Å². The topological polar surface area (TPSA) is 55.2 Å². The number of nitro groups is 1. The molecular weight excluding hydrogens is 259 g/mol. The summed E-state index contributed by atoms with van der Waals surface area (Å²) in [6.45, 7) is 2.53. The molecule has 0 heterocycles. The molecule has 0 saturated heterocycles. The summed E-state index contributed by atoms with van der Waals surface area (Å²) in [5, 5.41) is 13.9. The van der Waals surface area contributed by atoms with Gasteiger partial charge in [0.05, 0.1) is 4.92 Å². The molecule has 0 saturated carbocycles. The molecule has 2 aromatic rings. The molecule has 0 amide bonds. The molecule has 1 N–H and O–H groups in total. The predicted molar refractivity (Wildman–Crippen MR) is 76.4 cm³/mol. The number of anilines is 1. The lowest BCUT2D eigenvalue weighted by molar-refractivity contribution is -0.384. The Bertz CT molecular complexity index is 612. The zero-order chi connectivity index (χ0) is 14.5. The van der Waals surface area contributed by atoms with E-state index in [1.807, 2.05) is 6.92 Å².